The summed E-state index contributed by atoms with van der Waals surface area (Å²) in [5.74, 6) is 0.740. The molecule has 0 aromatic heterocycles. The first kappa shape index (κ1) is 21.4. The van der Waals surface area contributed by atoms with Crippen molar-refractivity contribution in [1.82, 2.24) is 4.90 Å². The van der Waals surface area contributed by atoms with Gasteiger partial charge in [0.15, 0.2) is 0 Å². The lowest BCUT2D eigenvalue weighted by atomic mass is 10.0. The number of methoxy groups -OCH3 is 2. The van der Waals surface area contributed by atoms with Crippen LogP contribution in [0.15, 0.2) is 59.5 Å². The van der Waals surface area contributed by atoms with E-state index in [9.17, 15) is 19.7 Å². The first-order valence-electron chi connectivity index (χ1n) is 9.54. The molecule has 0 bridgehead atoms. The van der Waals surface area contributed by atoms with E-state index in [1.807, 2.05) is 24.3 Å². The lowest BCUT2D eigenvalue weighted by Crippen LogP contribution is -2.27. The highest BCUT2D eigenvalue weighted by Crippen LogP contribution is 2.38. The van der Waals surface area contributed by atoms with Crippen molar-refractivity contribution in [1.29, 1.82) is 0 Å². The monoisotopic (exact) mass is 450 g/mol. The lowest BCUT2D eigenvalue weighted by molar-refractivity contribution is -0.384. The Kier molecular flexibility index (Phi) is 5.83. The van der Waals surface area contributed by atoms with Crippen molar-refractivity contribution in [3.8, 4) is 11.5 Å². The van der Waals surface area contributed by atoms with E-state index >= 15 is 0 Å². The summed E-state index contributed by atoms with van der Waals surface area (Å²) in [6.45, 7) is -0.0514. The molecule has 1 aliphatic rings. The molecule has 0 spiro atoms. The molecule has 9 heteroatoms. The smallest absolute Gasteiger partial charge is 0.293 e. The van der Waals surface area contributed by atoms with Crippen molar-refractivity contribution in [3.05, 3.63) is 80.7 Å². The van der Waals surface area contributed by atoms with E-state index in [2.05, 4.69) is 0 Å². The Morgan fingerprint density at radius 3 is 2.56 bits per heavy atom. The minimum atomic E-state index is -0.516. The van der Waals surface area contributed by atoms with Crippen molar-refractivity contribution >= 4 is 45.4 Å². The Balaban J connectivity index is 1.71. The van der Waals surface area contributed by atoms with E-state index in [1.165, 1.54) is 25.3 Å². The third-order valence-electron chi connectivity index (χ3n) is 5.06. The quantitative estimate of drug-likeness (QED) is 0.296. The van der Waals surface area contributed by atoms with E-state index in [1.54, 1.807) is 25.3 Å². The number of ether oxygens (including phenoxy) is 2. The van der Waals surface area contributed by atoms with Gasteiger partial charge in [0.1, 0.15) is 11.5 Å². The van der Waals surface area contributed by atoms with Gasteiger partial charge in [0.2, 0.25) is 0 Å². The summed E-state index contributed by atoms with van der Waals surface area (Å²) in [6, 6.07) is 15.2. The molecule has 0 saturated carbocycles. The maximum Gasteiger partial charge on any atom is 0.293 e. The summed E-state index contributed by atoms with van der Waals surface area (Å²) < 4.78 is 10.8. The predicted octanol–water partition coefficient (Wildman–Crippen LogP) is 5.00. The number of fused-ring (bicyclic) bond motifs is 1. The predicted molar refractivity (Wildman–Crippen MR) is 122 cm³/mol. The summed E-state index contributed by atoms with van der Waals surface area (Å²) in [4.78, 5) is 37.4. The number of hydrogen-bond acceptors (Lipinski definition) is 7. The molecule has 0 aliphatic carbocycles. The molecular weight excluding hydrogens is 432 g/mol. The number of nitrogens with zero attached hydrogens (tertiary/aromatic N) is 2. The molecule has 162 valence electrons. The molecule has 0 radical (unpaired) electrons. The van der Waals surface area contributed by atoms with E-state index in [0.717, 1.165) is 27.4 Å². The Hall–Kier alpha value is -3.85. The summed E-state index contributed by atoms with van der Waals surface area (Å²) in [6.07, 6.45) is 1.64. The van der Waals surface area contributed by atoms with Crippen LogP contribution >= 0.6 is 11.8 Å². The van der Waals surface area contributed by atoms with Crippen LogP contribution < -0.4 is 9.47 Å². The molecule has 3 aromatic rings. The number of amides is 2. The molecule has 2 amide bonds. The topological polar surface area (TPSA) is 99.0 Å². The average Bonchev–Trinajstić information content (AvgIpc) is 3.06. The molecule has 8 nitrogen and oxygen atoms in total. The number of hydrogen-bond donors (Lipinski definition) is 0. The fraction of sp³-hybridized carbons (Fsp3) is 0.130. The number of nitro benzene ring substituents is 1. The van der Waals surface area contributed by atoms with Gasteiger partial charge in [-0.3, -0.25) is 24.6 Å². The Bertz CT molecular complexity index is 1280. The van der Waals surface area contributed by atoms with Gasteiger partial charge in [-0.25, -0.2) is 0 Å². The summed E-state index contributed by atoms with van der Waals surface area (Å²) >= 11 is 0.822. The number of imide groups is 1. The molecule has 3 aromatic carbocycles. The summed E-state index contributed by atoms with van der Waals surface area (Å²) in [7, 11) is 3.10. The first-order chi connectivity index (χ1) is 15.4. The number of thioether (sulfide) groups is 1. The van der Waals surface area contributed by atoms with Crippen molar-refractivity contribution < 1.29 is 24.0 Å². The Morgan fingerprint density at radius 2 is 1.84 bits per heavy atom. The molecule has 32 heavy (non-hydrogen) atoms. The molecule has 1 fully saturated rings. The summed E-state index contributed by atoms with van der Waals surface area (Å²) in [5, 5.41) is 12.3. The maximum absolute atomic E-state index is 13.0. The van der Waals surface area contributed by atoms with Gasteiger partial charge in [0.05, 0.1) is 30.6 Å². The number of rotatable bonds is 6. The minimum absolute atomic E-state index is 0.0514. The molecule has 0 atom stereocenters. The van der Waals surface area contributed by atoms with Crippen molar-refractivity contribution in [2.75, 3.05) is 14.2 Å². The Labute approximate surface area is 187 Å². The number of non-ortho nitro benzene ring substituents is 1. The molecule has 1 saturated heterocycles. The first-order valence-corrected chi connectivity index (χ1v) is 10.4. The number of benzene rings is 3. The van der Waals surface area contributed by atoms with Crippen LogP contribution in [0.25, 0.3) is 16.8 Å². The minimum Gasteiger partial charge on any atom is -0.497 e. The standard InChI is InChI=1S/C23H18N2O6S/c1-30-17-8-6-15-7-9-20(31-2)19(18(15)11-17)12-21-22(26)24(23(27)32-21)13-14-4-3-5-16(10-14)25(28)29/h3-12H,13H2,1-2H3. The third kappa shape index (κ3) is 4.02. The molecule has 0 N–H and O–H groups in total. The van der Waals surface area contributed by atoms with Crippen LogP contribution in [-0.4, -0.2) is 35.2 Å². The van der Waals surface area contributed by atoms with Crippen LogP contribution in [0.2, 0.25) is 0 Å². The normalized spacial score (nSPS) is 14.9. The van der Waals surface area contributed by atoms with Gasteiger partial charge in [-0.15, -0.1) is 0 Å². The fourth-order valence-corrected chi connectivity index (χ4v) is 4.29. The van der Waals surface area contributed by atoms with Crippen LogP contribution in [0, 0.1) is 10.1 Å². The number of nitro groups is 1. The van der Waals surface area contributed by atoms with Crippen LogP contribution in [0.4, 0.5) is 10.5 Å². The van der Waals surface area contributed by atoms with E-state index in [4.69, 9.17) is 9.47 Å². The highest BCUT2D eigenvalue weighted by Gasteiger charge is 2.35. The summed E-state index contributed by atoms with van der Waals surface area (Å²) in [5.41, 5.74) is 1.06. The van der Waals surface area contributed by atoms with E-state index < -0.39 is 16.1 Å². The second kappa shape index (κ2) is 8.72. The highest BCUT2D eigenvalue weighted by atomic mass is 32.2. The van der Waals surface area contributed by atoms with Gasteiger partial charge in [-0.2, -0.15) is 0 Å². The van der Waals surface area contributed by atoms with Gasteiger partial charge in [-0.05, 0) is 52.4 Å². The average molecular weight is 450 g/mol. The van der Waals surface area contributed by atoms with Crippen molar-refractivity contribution in [3.63, 3.8) is 0 Å². The van der Waals surface area contributed by atoms with Crippen LogP contribution in [-0.2, 0) is 11.3 Å². The molecule has 1 heterocycles. The molecule has 0 unspecified atom stereocenters. The van der Waals surface area contributed by atoms with Crippen molar-refractivity contribution in [2.24, 2.45) is 0 Å². The second-order valence-electron chi connectivity index (χ2n) is 6.96. The van der Waals surface area contributed by atoms with E-state index in [-0.39, 0.29) is 17.1 Å². The third-order valence-corrected chi connectivity index (χ3v) is 5.97. The fourth-order valence-electron chi connectivity index (χ4n) is 3.47. The van der Waals surface area contributed by atoms with Crippen molar-refractivity contribution in [2.45, 2.75) is 6.54 Å². The largest absolute Gasteiger partial charge is 0.497 e. The maximum atomic E-state index is 13.0. The van der Waals surface area contributed by atoms with Gasteiger partial charge in [-0.1, -0.05) is 24.3 Å². The second-order valence-corrected chi connectivity index (χ2v) is 7.96. The van der Waals surface area contributed by atoms with Gasteiger partial charge in [0, 0.05) is 17.7 Å². The van der Waals surface area contributed by atoms with E-state index in [0.29, 0.717) is 22.6 Å². The van der Waals surface area contributed by atoms with Crippen LogP contribution in [0.5, 0.6) is 11.5 Å². The number of carbonyl (C=O) groups excluding carboxylic acids is 2. The highest BCUT2D eigenvalue weighted by molar-refractivity contribution is 8.18. The zero-order valence-electron chi connectivity index (χ0n) is 17.2. The molecular formula is C23H18N2O6S. The van der Waals surface area contributed by atoms with Crippen LogP contribution in [0.1, 0.15) is 11.1 Å². The molecule has 4 rings (SSSR count). The van der Waals surface area contributed by atoms with Gasteiger partial charge < -0.3 is 9.47 Å². The lowest BCUT2D eigenvalue weighted by Gasteiger charge is -2.13. The van der Waals surface area contributed by atoms with Gasteiger partial charge in [0.25, 0.3) is 16.8 Å². The Morgan fingerprint density at radius 1 is 1.06 bits per heavy atom. The van der Waals surface area contributed by atoms with Crippen LogP contribution in [0.3, 0.4) is 0 Å². The molecule has 1 aliphatic heterocycles. The zero-order chi connectivity index (χ0) is 22.8. The zero-order valence-corrected chi connectivity index (χ0v) is 18.0. The van der Waals surface area contributed by atoms with Gasteiger partial charge >= 0.3 is 0 Å². The number of carbonyl (C=O) groups is 2. The SMILES string of the molecule is COc1ccc2ccc(OC)c(C=C3SC(=O)N(Cc4cccc([N+](=O)[O-])c4)C3=O)c2c1.